The lowest BCUT2D eigenvalue weighted by atomic mass is 9.96. The molecule has 0 saturated heterocycles. The van der Waals surface area contributed by atoms with E-state index in [9.17, 15) is 14.4 Å². The summed E-state index contributed by atoms with van der Waals surface area (Å²) in [7, 11) is 0. The fraction of sp³-hybridized carbons (Fsp3) is 0.800. The van der Waals surface area contributed by atoms with Gasteiger partial charge in [0.2, 0.25) is 11.8 Å². The highest BCUT2D eigenvalue weighted by atomic mass is 16.4. The summed E-state index contributed by atoms with van der Waals surface area (Å²) in [6.07, 6.45) is 2.54. The zero-order valence-corrected chi connectivity index (χ0v) is 13.3. The highest BCUT2D eigenvalue weighted by Gasteiger charge is 2.37. The van der Waals surface area contributed by atoms with Crippen LogP contribution in [-0.4, -0.2) is 46.4 Å². The van der Waals surface area contributed by atoms with Crippen LogP contribution < -0.4 is 5.32 Å². The predicted molar refractivity (Wildman–Crippen MR) is 78.7 cm³/mol. The van der Waals surface area contributed by atoms with Crippen LogP contribution in [-0.2, 0) is 14.4 Å². The van der Waals surface area contributed by atoms with Crippen molar-refractivity contribution in [2.24, 2.45) is 5.41 Å². The monoisotopic (exact) mass is 298 g/mol. The third kappa shape index (κ3) is 5.36. The average Bonchev–Trinajstić information content (AvgIpc) is 3.17. The molecule has 0 aromatic carbocycles. The van der Waals surface area contributed by atoms with E-state index in [2.05, 4.69) is 5.32 Å². The Morgan fingerprint density at radius 3 is 2.29 bits per heavy atom. The maximum Gasteiger partial charge on any atom is 0.326 e. The number of hydrogen-bond acceptors (Lipinski definition) is 3. The summed E-state index contributed by atoms with van der Waals surface area (Å²) in [5, 5.41) is 11.8. The van der Waals surface area contributed by atoms with Gasteiger partial charge in [0.15, 0.2) is 0 Å². The van der Waals surface area contributed by atoms with Crippen molar-refractivity contribution in [3.8, 4) is 0 Å². The first-order valence-corrected chi connectivity index (χ1v) is 7.47. The minimum Gasteiger partial charge on any atom is -0.480 e. The van der Waals surface area contributed by atoms with E-state index in [1.54, 1.807) is 6.92 Å². The van der Waals surface area contributed by atoms with Crippen molar-refractivity contribution < 1.29 is 19.5 Å². The summed E-state index contributed by atoms with van der Waals surface area (Å²) in [6, 6.07) is -0.707. The summed E-state index contributed by atoms with van der Waals surface area (Å²) >= 11 is 0. The Hall–Kier alpha value is -1.59. The average molecular weight is 298 g/mol. The molecule has 0 aliphatic heterocycles. The van der Waals surface area contributed by atoms with E-state index in [0.717, 1.165) is 12.8 Å². The van der Waals surface area contributed by atoms with Crippen molar-refractivity contribution in [2.75, 3.05) is 6.54 Å². The molecule has 2 N–H and O–H groups in total. The zero-order valence-electron chi connectivity index (χ0n) is 13.3. The molecule has 0 radical (unpaired) electrons. The first-order chi connectivity index (χ1) is 9.64. The Kier molecular flexibility index (Phi) is 5.75. The molecule has 0 aromatic rings. The van der Waals surface area contributed by atoms with E-state index < -0.39 is 17.4 Å². The number of nitrogens with zero attached hydrogens (tertiary/aromatic N) is 1. The van der Waals surface area contributed by atoms with Gasteiger partial charge in [-0.15, -0.1) is 0 Å². The van der Waals surface area contributed by atoms with Crippen molar-refractivity contribution in [3.63, 3.8) is 0 Å². The van der Waals surface area contributed by atoms with Crippen molar-refractivity contribution in [1.29, 1.82) is 0 Å². The van der Waals surface area contributed by atoms with E-state index in [-0.39, 0.29) is 24.3 Å². The molecule has 0 aromatic heterocycles. The largest absolute Gasteiger partial charge is 0.480 e. The molecule has 6 nitrogen and oxygen atoms in total. The Morgan fingerprint density at radius 2 is 1.86 bits per heavy atom. The van der Waals surface area contributed by atoms with Crippen LogP contribution in [0.1, 0.15) is 53.4 Å². The van der Waals surface area contributed by atoms with E-state index in [0.29, 0.717) is 13.0 Å². The van der Waals surface area contributed by atoms with Crippen LogP contribution in [0.3, 0.4) is 0 Å². The molecule has 1 unspecified atom stereocenters. The second-order valence-corrected chi connectivity index (χ2v) is 6.66. The van der Waals surface area contributed by atoms with Crippen molar-refractivity contribution in [2.45, 2.75) is 65.5 Å². The van der Waals surface area contributed by atoms with E-state index in [4.69, 9.17) is 5.11 Å². The number of carboxylic acids is 1. The lowest BCUT2D eigenvalue weighted by Crippen LogP contribution is -2.45. The van der Waals surface area contributed by atoms with Gasteiger partial charge in [0.05, 0.1) is 0 Å². The maximum absolute atomic E-state index is 12.2. The summed E-state index contributed by atoms with van der Waals surface area (Å²) in [4.78, 5) is 36.4. The number of carbonyl (C=O) groups is 3. The molecular weight excluding hydrogens is 272 g/mol. The first-order valence-electron chi connectivity index (χ1n) is 7.47. The number of hydrogen-bond donors (Lipinski definition) is 2. The SMILES string of the molecule is CC(C(=O)O)N(C(=O)CCCNC(=O)C(C)(C)C)C1CC1. The van der Waals surface area contributed by atoms with Gasteiger partial charge in [0.1, 0.15) is 6.04 Å². The van der Waals surface area contributed by atoms with E-state index in [1.807, 2.05) is 20.8 Å². The number of amides is 2. The van der Waals surface area contributed by atoms with Crippen molar-refractivity contribution >= 4 is 17.8 Å². The van der Waals surface area contributed by atoms with Gasteiger partial charge in [-0.2, -0.15) is 0 Å². The van der Waals surface area contributed by atoms with Gasteiger partial charge in [-0.05, 0) is 26.2 Å². The number of carbonyl (C=O) groups excluding carboxylic acids is 2. The molecule has 0 heterocycles. The van der Waals surface area contributed by atoms with Crippen LogP contribution in [0.5, 0.6) is 0 Å². The molecule has 0 spiro atoms. The molecular formula is C15H26N2O4. The van der Waals surface area contributed by atoms with Crippen LogP contribution >= 0.6 is 0 Å². The molecule has 1 aliphatic carbocycles. The van der Waals surface area contributed by atoms with Gasteiger partial charge in [-0.3, -0.25) is 9.59 Å². The maximum atomic E-state index is 12.2. The normalized spacial score (nSPS) is 16.2. The third-order valence-corrected chi connectivity index (χ3v) is 3.54. The molecule has 1 atom stereocenters. The third-order valence-electron chi connectivity index (χ3n) is 3.54. The second-order valence-electron chi connectivity index (χ2n) is 6.66. The Morgan fingerprint density at radius 1 is 1.29 bits per heavy atom. The van der Waals surface area contributed by atoms with Gasteiger partial charge in [-0.25, -0.2) is 4.79 Å². The van der Waals surface area contributed by atoms with Crippen LogP contribution in [0.15, 0.2) is 0 Å². The van der Waals surface area contributed by atoms with Gasteiger partial charge in [0, 0.05) is 24.4 Å². The van der Waals surface area contributed by atoms with E-state index >= 15 is 0 Å². The summed E-state index contributed by atoms with van der Waals surface area (Å²) in [5.41, 5.74) is -0.443. The predicted octanol–water partition coefficient (Wildman–Crippen LogP) is 1.39. The Bertz CT molecular complexity index is 410. The molecule has 120 valence electrons. The fourth-order valence-corrected chi connectivity index (χ4v) is 2.04. The van der Waals surface area contributed by atoms with Crippen molar-refractivity contribution in [1.82, 2.24) is 10.2 Å². The van der Waals surface area contributed by atoms with Gasteiger partial charge in [0.25, 0.3) is 0 Å². The van der Waals surface area contributed by atoms with Gasteiger partial charge < -0.3 is 15.3 Å². The molecule has 1 aliphatic rings. The standard InChI is InChI=1S/C15H26N2O4/c1-10(13(19)20)17(11-7-8-11)12(18)6-5-9-16-14(21)15(2,3)4/h10-11H,5-9H2,1-4H3,(H,16,21)(H,19,20). The van der Waals surface area contributed by atoms with Crippen LogP contribution in [0, 0.1) is 5.41 Å². The minimum absolute atomic E-state index is 0.0482. The topological polar surface area (TPSA) is 86.7 Å². The molecule has 2 amide bonds. The highest BCUT2D eigenvalue weighted by Crippen LogP contribution is 2.29. The molecule has 1 saturated carbocycles. The molecule has 6 heteroatoms. The Balaban J connectivity index is 2.38. The summed E-state index contributed by atoms with van der Waals surface area (Å²) in [5.74, 6) is -1.17. The van der Waals surface area contributed by atoms with Crippen LogP contribution in [0.25, 0.3) is 0 Å². The number of aliphatic carboxylic acids is 1. The lowest BCUT2D eigenvalue weighted by molar-refractivity contribution is -0.150. The van der Waals surface area contributed by atoms with Crippen LogP contribution in [0.2, 0.25) is 0 Å². The number of rotatable bonds is 7. The van der Waals surface area contributed by atoms with Gasteiger partial charge >= 0.3 is 5.97 Å². The highest BCUT2D eigenvalue weighted by molar-refractivity contribution is 5.84. The minimum atomic E-state index is -0.976. The van der Waals surface area contributed by atoms with E-state index in [1.165, 1.54) is 4.90 Å². The smallest absolute Gasteiger partial charge is 0.326 e. The summed E-state index contributed by atoms with van der Waals surface area (Å²) < 4.78 is 0. The van der Waals surface area contributed by atoms with Crippen molar-refractivity contribution in [3.05, 3.63) is 0 Å². The summed E-state index contributed by atoms with van der Waals surface area (Å²) in [6.45, 7) is 7.46. The van der Waals surface area contributed by atoms with Gasteiger partial charge in [-0.1, -0.05) is 20.8 Å². The molecule has 0 bridgehead atoms. The zero-order chi connectivity index (χ0) is 16.2. The lowest BCUT2D eigenvalue weighted by Gasteiger charge is -2.26. The number of carboxylic acid groups (broad SMARTS) is 1. The quantitative estimate of drug-likeness (QED) is 0.695. The molecule has 1 rings (SSSR count). The Labute approximate surface area is 125 Å². The molecule has 1 fully saturated rings. The fourth-order valence-electron chi connectivity index (χ4n) is 2.04. The molecule has 21 heavy (non-hydrogen) atoms. The first kappa shape index (κ1) is 17.5. The second kappa shape index (κ2) is 6.91. The van der Waals surface area contributed by atoms with Crippen LogP contribution in [0.4, 0.5) is 0 Å². The number of nitrogens with one attached hydrogen (secondary N) is 1.